The van der Waals surface area contributed by atoms with Gasteiger partial charge < -0.3 is 29.2 Å². The Morgan fingerprint density at radius 1 is 1.20 bits per heavy atom. The van der Waals surface area contributed by atoms with E-state index >= 15 is 0 Å². The topological polar surface area (TPSA) is 71.3 Å². The first kappa shape index (κ1) is 19.0. The van der Waals surface area contributed by atoms with Crippen molar-refractivity contribution in [2.75, 3.05) is 25.1 Å². The number of ether oxygens (including phenoxy) is 2. The lowest BCUT2D eigenvalue weighted by Crippen LogP contribution is -2.54. The van der Waals surface area contributed by atoms with E-state index in [0.717, 1.165) is 24.3 Å². The lowest BCUT2D eigenvalue weighted by atomic mass is 10.0. The highest BCUT2D eigenvalue weighted by atomic mass is 16.6. The summed E-state index contributed by atoms with van der Waals surface area (Å²) in [5.74, 6) is 1.36. The highest BCUT2D eigenvalue weighted by Gasteiger charge is 2.26. The van der Waals surface area contributed by atoms with Gasteiger partial charge in [0.1, 0.15) is 5.75 Å². The van der Waals surface area contributed by atoms with Gasteiger partial charge in [0.15, 0.2) is 11.4 Å². The minimum absolute atomic E-state index is 0.426. The molecule has 156 valence electrons. The monoisotopic (exact) mass is 406 g/mol. The number of pyridine rings is 1. The van der Waals surface area contributed by atoms with Gasteiger partial charge in [-0.15, -0.1) is 0 Å². The fourth-order valence-electron chi connectivity index (χ4n) is 4.39. The molecule has 0 saturated carbocycles. The van der Waals surface area contributed by atoms with Crippen molar-refractivity contribution in [3.63, 3.8) is 0 Å². The van der Waals surface area contributed by atoms with Gasteiger partial charge in [0.05, 0.1) is 12.8 Å². The van der Waals surface area contributed by atoms with Crippen LogP contribution in [-0.2, 0) is 0 Å². The molecule has 5 rings (SSSR count). The van der Waals surface area contributed by atoms with E-state index in [2.05, 4.69) is 35.1 Å². The summed E-state index contributed by atoms with van der Waals surface area (Å²) in [6, 6.07) is 10.8. The summed E-state index contributed by atoms with van der Waals surface area (Å²) in [4.78, 5) is 7.01. The highest BCUT2D eigenvalue weighted by molar-refractivity contribution is 5.86. The zero-order valence-electron chi connectivity index (χ0n) is 17.4. The third kappa shape index (κ3) is 3.30. The van der Waals surface area contributed by atoms with Crippen LogP contribution in [0.3, 0.4) is 0 Å². The standard InChI is InChI=1S/C23H26N4O3/c1-14-11-27(12-15(2)24-14)17-7-6-16-9-18(23(28)30-21(16)10-17)19-13-26-8-4-5-20(29-3)22(26)25-19/h4-10,13-15,23-24,28H,11-12H2,1-3H3/t14-,15+,23?. The number of piperazine rings is 1. The number of fused-ring (bicyclic) bond motifs is 2. The third-order valence-electron chi connectivity index (χ3n) is 5.70. The van der Waals surface area contributed by atoms with E-state index < -0.39 is 6.29 Å². The molecular formula is C23H26N4O3. The highest BCUT2D eigenvalue weighted by Crippen LogP contribution is 2.36. The molecule has 30 heavy (non-hydrogen) atoms. The minimum Gasteiger partial charge on any atom is -0.493 e. The molecule has 0 spiro atoms. The molecule has 1 saturated heterocycles. The van der Waals surface area contributed by atoms with Gasteiger partial charge in [0.2, 0.25) is 6.29 Å². The second-order valence-corrected chi connectivity index (χ2v) is 8.10. The molecule has 0 amide bonds. The number of imidazole rings is 1. The van der Waals surface area contributed by atoms with Crippen LogP contribution in [0.5, 0.6) is 11.5 Å². The molecule has 2 aliphatic heterocycles. The van der Waals surface area contributed by atoms with Crippen LogP contribution in [0.1, 0.15) is 25.1 Å². The Morgan fingerprint density at radius 2 is 2.00 bits per heavy atom. The van der Waals surface area contributed by atoms with E-state index in [1.54, 1.807) is 7.11 Å². The molecular weight excluding hydrogens is 380 g/mol. The Bertz CT molecular complexity index is 1110. The second-order valence-electron chi connectivity index (χ2n) is 8.10. The Morgan fingerprint density at radius 3 is 2.77 bits per heavy atom. The van der Waals surface area contributed by atoms with Crippen LogP contribution in [0.4, 0.5) is 5.69 Å². The molecule has 3 aromatic rings. The summed E-state index contributed by atoms with van der Waals surface area (Å²) < 4.78 is 13.2. The largest absolute Gasteiger partial charge is 0.493 e. The predicted octanol–water partition coefficient (Wildman–Crippen LogP) is 2.78. The molecule has 1 fully saturated rings. The number of hydrogen-bond donors (Lipinski definition) is 2. The van der Waals surface area contributed by atoms with E-state index in [9.17, 15) is 5.11 Å². The SMILES string of the molecule is COc1cccn2cc(C3=Cc4ccc(N5C[C@@H](C)N[C@@H](C)C5)cc4OC3O)nc12. The summed E-state index contributed by atoms with van der Waals surface area (Å²) in [5, 5.41) is 14.3. The summed E-state index contributed by atoms with van der Waals surface area (Å²) in [7, 11) is 1.62. The number of aliphatic hydroxyl groups excluding tert-OH is 1. The molecule has 3 atom stereocenters. The molecule has 0 radical (unpaired) electrons. The van der Waals surface area contributed by atoms with Crippen LogP contribution in [0.2, 0.25) is 0 Å². The number of aromatic nitrogens is 2. The smallest absolute Gasteiger partial charge is 0.226 e. The maximum atomic E-state index is 10.7. The lowest BCUT2D eigenvalue weighted by molar-refractivity contribution is 0.0318. The average molecular weight is 406 g/mol. The first-order valence-corrected chi connectivity index (χ1v) is 10.3. The van der Waals surface area contributed by atoms with E-state index in [1.807, 2.05) is 47.1 Å². The Balaban J connectivity index is 1.49. The molecule has 4 heterocycles. The summed E-state index contributed by atoms with van der Waals surface area (Å²) >= 11 is 0. The van der Waals surface area contributed by atoms with Crippen molar-refractivity contribution >= 4 is 23.0 Å². The van der Waals surface area contributed by atoms with Crippen LogP contribution < -0.4 is 19.7 Å². The normalized spacial score (nSPS) is 23.7. The van der Waals surface area contributed by atoms with E-state index in [1.165, 1.54) is 0 Å². The minimum atomic E-state index is -1.08. The van der Waals surface area contributed by atoms with Gasteiger partial charge in [-0.2, -0.15) is 0 Å². The number of nitrogens with zero attached hydrogens (tertiary/aromatic N) is 3. The van der Waals surface area contributed by atoms with Crippen molar-refractivity contribution in [3.8, 4) is 11.5 Å². The van der Waals surface area contributed by atoms with Gasteiger partial charge >= 0.3 is 0 Å². The summed E-state index contributed by atoms with van der Waals surface area (Å²) in [5.41, 5.74) is 4.03. The van der Waals surface area contributed by atoms with Gasteiger partial charge in [-0.3, -0.25) is 0 Å². The lowest BCUT2D eigenvalue weighted by Gasteiger charge is -2.38. The van der Waals surface area contributed by atoms with Crippen LogP contribution >= 0.6 is 0 Å². The van der Waals surface area contributed by atoms with Gasteiger partial charge in [-0.25, -0.2) is 4.98 Å². The molecule has 1 aromatic carbocycles. The number of hydrogen-bond acceptors (Lipinski definition) is 6. The average Bonchev–Trinajstić information content (AvgIpc) is 3.16. The van der Waals surface area contributed by atoms with Gasteiger partial charge in [-0.1, -0.05) is 0 Å². The predicted molar refractivity (Wildman–Crippen MR) is 117 cm³/mol. The molecule has 0 aliphatic carbocycles. The Hall–Kier alpha value is -3.03. The van der Waals surface area contributed by atoms with Gasteiger partial charge in [-0.05, 0) is 44.2 Å². The Labute approximate surface area is 175 Å². The molecule has 7 nitrogen and oxygen atoms in total. The van der Waals surface area contributed by atoms with Crippen molar-refractivity contribution < 1.29 is 14.6 Å². The van der Waals surface area contributed by atoms with Crippen LogP contribution in [-0.4, -0.2) is 53.1 Å². The molecule has 0 bridgehead atoms. The zero-order chi connectivity index (χ0) is 20.8. The number of aliphatic hydroxyl groups is 1. The van der Waals surface area contributed by atoms with Crippen molar-refractivity contribution in [1.82, 2.24) is 14.7 Å². The van der Waals surface area contributed by atoms with Gasteiger partial charge in [0.25, 0.3) is 0 Å². The molecule has 2 aliphatic rings. The van der Waals surface area contributed by atoms with E-state index in [4.69, 9.17) is 9.47 Å². The first-order valence-electron chi connectivity index (χ1n) is 10.3. The van der Waals surface area contributed by atoms with Crippen LogP contribution in [0, 0.1) is 0 Å². The molecule has 2 N–H and O–H groups in total. The second kappa shape index (κ2) is 7.34. The number of rotatable bonds is 3. The summed E-state index contributed by atoms with van der Waals surface area (Å²) in [6.07, 6.45) is 4.65. The van der Waals surface area contributed by atoms with E-state index in [-0.39, 0.29) is 0 Å². The van der Waals surface area contributed by atoms with Crippen molar-refractivity contribution in [1.29, 1.82) is 0 Å². The molecule has 1 unspecified atom stereocenters. The molecule has 7 heteroatoms. The Kier molecular flexibility index (Phi) is 4.64. The third-order valence-corrected chi connectivity index (χ3v) is 5.70. The fourth-order valence-corrected chi connectivity index (χ4v) is 4.39. The van der Waals surface area contributed by atoms with Crippen molar-refractivity contribution in [2.24, 2.45) is 0 Å². The maximum absolute atomic E-state index is 10.7. The molecule has 2 aromatic heterocycles. The quantitative estimate of drug-likeness (QED) is 0.697. The zero-order valence-corrected chi connectivity index (χ0v) is 17.4. The van der Waals surface area contributed by atoms with Gasteiger partial charge in [0, 0.05) is 60.5 Å². The van der Waals surface area contributed by atoms with Crippen LogP contribution in [0.25, 0.3) is 17.3 Å². The van der Waals surface area contributed by atoms with Crippen LogP contribution in [0.15, 0.2) is 42.7 Å². The maximum Gasteiger partial charge on any atom is 0.226 e. The van der Waals surface area contributed by atoms with Crippen molar-refractivity contribution in [2.45, 2.75) is 32.2 Å². The summed E-state index contributed by atoms with van der Waals surface area (Å²) in [6.45, 7) is 6.27. The fraction of sp³-hybridized carbons (Fsp3) is 0.348. The number of benzene rings is 1. The number of methoxy groups -OCH3 is 1. The van der Waals surface area contributed by atoms with Crippen molar-refractivity contribution in [3.05, 3.63) is 54.0 Å². The van der Waals surface area contributed by atoms with E-state index in [0.29, 0.717) is 40.5 Å². The number of nitrogens with one attached hydrogen (secondary N) is 1. The number of anilines is 1. The first-order chi connectivity index (χ1) is 14.5.